The first-order valence-electron chi connectivity index (χ1n) is 11.2. The second-order valence-corrected chi connectivity index (χ2v) is 8.89. The molecule has 2 aromatic carbocycles. The van der Waals surface area contributed by atoms with Gasteiger partial charge in [0.15, 0.2) is 0 Å². The van der Waals surface area contributed by atoms with Crippen LogP contribution >= 0.6 is 0 Å². The van der Waals surface area contributed by atoms with Crippen LogP contribution in [0.2, 0.25) is 0 Å². The van der Waals surface area contributed by atoms with Crippen molar-refractivity contribution >= 4 is 22.5 Å². The first-order chi connectivity index (χ1) is 15.7. The van der Waals surface area contributed by atoms with Gasteiger partial charge < -0.3 is 15.7 Å². The highest BCUT2D eigenvalue weighted by molar-refractivity contribution is 5.83. The molecule has 2 aliphatic rings. The number of rotatable bonds is 4. The molecule has 1 aliphatic heterocycles. The molecule has 0 spiro atoms. The molecular formula is C26H25N5O. The molecule has 1 saturated carbocycles. The molecule has 3 heterocycles. The van der Waals surface area contributed by atoms with Crippen LogP contribution in [0.25, 0.3) is 22.2 Å². The van der Waals surface area contributed by atoms with Crippen LogP contribution in [-0.4, -0.2) is 39.3 Å². The van der Waals surface area contributed by atoms with E-state index in [-0.39, 0.29) is 12.5 Å². The van der Waals surface area contributed by atoms with E-state index < -0.39 is 0 Å². The second-order valence-electron chi connectivity index (χ2n) is 8.89. The minimum Gasteiger partial charge on any atom is -0.396 e. The van der Waals surface area contributed by atoms with Crippen LogP contribution < -0.4 is 10.6 Å². The Morgan fingerprint density at radius 2 is 1.81 bits per heavy atom. The van der Waals surface area contributed by atoms with Crippen molar-refractivity contribution in [3.05, 3.63) is 78.1 Å². The van der Waals surface area contributed by atoms with E-state index in [4.69, 9.17) is 10.7 Å². The lowest BCUT2D eigenvalue weighted by Gasteiger charge is -2.41. The highest BCUT2D eigenvalue weighted by atomic mass is 16.3. The Morgan fingerprint density at radius 1 is 1.00 bits per heavy atom. The number of pyridine rings is 1. The van der Waals surface area contributed by atoms with Crippen LogP contribution in [0.3, 0.4) is 0 Å². The molecule has 0 saturated heterocycles. The van der Waals surface area contributed by atoms with Gasteiger partial charge in [-0.3, -0.25) is 0 Å². The van der Waals surface area contributed by atoms with Crippen molar-refractivity contribution in [2.24, 2.45) is 5.92 Å². The number of hydrogen-bond donors (Lipinski definition) is 2. The number of hydrogen-bond acceptors (Lipinski definition) is 6. The molecular weight excluding hydrogens is 398 g/mol. The molecule has 1 unspecified atom stereocenters. The van der Waals surface area contributed by atoms with Crippen molar-refractivity contribution in [1.82, 2.24) is 15.0 Å². The normalized spacial score (nSPS) is 22.0. The molecule has 0 radical (unpaired) electrons. The fraction of sp³-hybridized carbons (Fsp3) is 0.269. The van der Waals surface area contributed by atoms with E-state index in [2.05, 4.69) is 57.3 Å². The van der Waals surface area contributed by atoms with Gasteiger partial charge in [0.1, 0.15) is 18.0 Å². The Hall–Kier alpha value is -3.51. The summed E-state index contributed by atoms with van der Waals surface area (Å²) < 4.78 is 0. The van der Waals surface area contributed by atoms with Crippen molar-refractivity contribution < 1.29 is 5.11 Å². The molecule has 6 heteroatoms. The van der Waals surface area contributed by atoms with Gasteiger partial charge in [-0.15, -0.1) is 0 Å². The molecule has 1 fully saturated rings. The lowest BCUT2D eigenvalue weighted by Crippen LogP contribution is -2.45. The number of nitrogen functional groups attached to an aromatic ring is 1. The number of aliphatic hydroxyl groups excluding tert-OH is 1. The van der Waals surface area contributed by atoms with E-state index in [0.717, 1.165) is 52.9 Å². The molecule has 1 aliphatic carbocycles. The summed E-state index contributed by atoms with van der Waals surface area (Å²) in [6.07, 6.45) is 3.54. The third kappa shape index (κ3) is 3.10. The largest absolute Gasteiger partial charge is 0.396 e. The number of fused-ring (bicyclic) bond motifs is 2. The molecule has 4 aromatic rings. The van der Waals surface area contributed by atoms with Gasteiger partial charge in [0.25, 0.3) is 0 Å². The summed E-state index contributed by atoms with van der Waals surface area (Å²) in [5.74, 6) is 1.98. The molecule has 32 heavy (non-hydrogen) atoms. The summed E-state index contributed by atoms with van der Waals surface area (Å²) in [5, 5.41) is 10.6. The average Bonchev–Trinajstić information content (AvgIpc) is 3.19. The molecule has 0 bridgehead atoms. The summed E-state index contributed by atoms with van der Waals surface area (Å²) in [5.41, 5.74) is 11.6. The summed E-state index contributed by atoms with van der Waals surface area (Å²) in [6.45, 7) is 1.08. The maximum atomic E-state index is 9.45. The van der Waals surface area contributed by atoms with Crippen LogP contribution in [0.15, 0.2) is 67.0 Å². The summed E-state index contributed by atoms with van der Waals surface area (Å²) in [7, 11) is 0. The highest BCUT2D eigenvalue weighted by Gasteiger charge is 2.41. The zero-order chi connectivity index (χ0) is 21.7. The maximum Gasteiger partial charge on any atom is 0.138 e. The summed E-state index contributed by atoms with van der Waals surface area (Å²) in [6, 6.07) is 21.3. The third-order valence-corrected chi connectivity index (χ3v) is 6.99. The lowest BCUT2D eigenvalue weighted by atomic mass is 9.80. The number of aromatic nitrogens is 3. The van der Waals surface area contributed by atoms with E-state index in [1.807, 2.05) is 18.2 Å². The predicted molar refractivity (Wildman–Crippen MR) is 126 cm³/mol. The van der Waals surface area contributed by atoms with E-state index in [9.17, 15) is 5.11 Å². The van der Waals surface area contributed by atoms with Crippen LogP contribution in [0.1, 0.15) is 29.9 Å². The molecule has 2 aromatic heterocycles. The van der Waals surface area contributed by atoms with Crippen molar-refractivity contribution in [2.75, 3.05) is 23.8 Å². The highest BCUT2D eigenvalue weighted by Crippen LogP contribution is 2.46. The number of benzene rings is 2. The number of aliphatic hydroxyl groups is 1. The van der Waals surface area contributed by atoms with E-state index >= 15 is 0 Å². The second kappa shape index (κ2) is 7.57. The van der Waals surface area contributed by atoms with Crippen LogP contribution in [-0.2, 0) is 0 Å². The van der Waals surface area contributed by atoms with Crippen LogP contribution in [0.4, 0.5) is 11.6 Å². The molecule has 6 nitrogen and oxygen atoms in total. The van der Waals surface area contributed by atoms with Crippen molar-refractivity contribution in [2.45, 2.75) is 24.8 Å². The predicted octanol–water partition coefficient (Wildman–Crippen LogP) is 4.00. The number of nitrogens with two attached hydrogens (primary N) is 1. The fourth-order valence-electron chi connectivity index (χ4n) is 5.16. The Labute approximate surface area is 186 Å². The van der Waals surface area contributed by atoms with Crippen LogP contribution in [0.5, 0.6) is 0 Å². The van der Waals surface area contributed by atoms with Gasteiger partial charge in [-0.25, -0.2) is 15.0 Å². The Morgan fingerprint density at radius 3 is 2.62 bits per heavy atom. The number of anilines is 2. The average molecular weight is 424 g/mol. The van der Waals surface area contributed by atoms with E-state index in [1.165, 1.54) is 5.56 Å². The van der Waals surface area contributed by atoms with Gasteiger partial charge >= 0.3 is 0 Å². The SMILES string of the molecule is Nc1ncnc2c1C(c1ccc3ccc(-c4ccccc4)nc3c1)CN2C1CC(CO)C1. The Kier molecular flexibility index (Phi) is 4.54. The quantitative estimate of drug-likeness (QED) is 0.516. The first-order valence-corrected chi connectivity index (χ1v) is 11.2. The smallest absolute Gasteiger partial charge is 0.138 e. The van der Waals surface area contributed by atoms with Crippen LogP contribution in [0, 0.1) is 5.92 Å². The van der Waals surface area contributed by atoms with Crippen molar-refractivity contribution in [3.63, 3.8) is 0 Å². The standard InChI is InChI=1S/C26H25N5O/c27-25-24-21(13-31(26(24)29-15-28-25)20-10-16(11-20)14-32)19-7-6-18-8-9-22(30-23(18)12-19)17-4-2-1-3-5-17/h1-9,12,15-16,20-21,32H,10-11,13-14H2,(H2,27,28,29). The minimum atomic E-state index is 0.103. The van der Waals surface area contributed by atoms with E-state index in [1.54, 1.807) is 6.33 Å². The molecule has 160 valence electrons. The zero-order valence-electron chi connectivity index (χ0n) is 17.7. The van der Waals surface area contributed by atoms with Gasteiger partial charge in [0.05, 0.1) is 11.2 Å². The fourth-order valence-corrected chi connectivity index (χ4v) is 5.16. The molecule has 3 N–H and O–H groups in total. The Bertz CT molecular complexity index is 1290. The zero-order valence-corrected chi connectivity index (χ0v) is 17.7. The lowest BCUT2D eigenvalue weighted by molar-refractivity contribution is 0.140. The molecule has 1 atom stereocenters. The monoisotopic (exact) mass is 423 g/mol. The summed E-state index contributed by atoms with van der Waals surface area (Å²) >= 11 is 0. The van der Waals surface area contributed by atoms with Gasteiger partial charge in [-0.1, -0.05) is 48.5 Å². The number of nitrogens with zero attached hydrogens (tertiary/aromatic N) is 4. The first kappa shape index (κ1) is 19.2. The van der Waals surface area contributed by atoms with Crippen molar-refractivity contribution in [1.29, 1.82) is 0 Å². The third-order valence-electron chi connectivity index (χ3n) is 6.99. The molecule has 0 amide bonds. The van der Waals surface area contributed by atoms with Gasteiger partial charge in [0, 0.05) is 41.6 Å². The van der Waals surface area contributed by atoms with E-state index in [0.29, 0.717) is 17.8 Å². The van der Waals surface area contributed by atoms with Gasteiger partial charge in [-0.2, -0.15) is 0 Å². The maximum absolute atomic E-state index is 9.45. The Balaban J connectivity index is 1.39. The van der Waals surface area contributed by atoms with Gasteiger partial charge in [0.2, 0.25) is 0 Å². The minimum absolute atomic E-state index is 0.103. The molecule has 6 rings (SSSR count). The topological polar surface area (TPSA) is 88.2 Å². The van der Waals surface area contributed by atoms with Crippen molar-refractivity contribution in [3.8, 4) is 11.3 Å². The van der Waals surface area contributed by atoms with Gasteiger partial charge in [-0.05, 0) is 36.5 Å². The summed E-state index contributed by atoms with van der Waals surface area (Å²) in [4.78, 5) is 16.2.